The summed E-state index contributed by atoms with van der Waals surface area (Å²) in [5.41, 5.74) is -0.266. The number of hydrogen-bond acceptors (Lipinski definition) is 9. The van der Waals surface area contributed by atoms with Crippen molar-refractivity contribution in [2.24, 2.45) is 0 Å². The van der Waals surface area contributed by atoms with Crippen LogP contribution in [0.4, 0.5) is 13.2 Å². The minimum atomic E-state index is -4.88. The molecule has 1 aromatic heterocycles. The number of nitrogens with zero attached hydrogens (tertiary/aromatic N) is 2. The first-order valence-electron chi connectivity index (χ1n) is 12.6. The summed E-state index contributed by atoms with van der Waals surface area (Å²) in [4.78, 5) is 0. The molecule has 2 heterocycles. The van der Waals surface area contributed by atoms with Crippen LogP contribution in [0.3, 0.4) is 0 Å². The minimum absolute atomic E-state index is 0.0273. The SMILES string of the molecule is OCCCn1nc(O[C@@H]2O[C@H](CO)[C@@H](O)[C@H](O)[C@H]2O)c(Cc2ccccc2OCc2ccccc2)c1C(F)(F)F. The number of aryl methyl sites for hydroxylation is 1. The highest BCUT2D eigenvalue weighted by Gasteiger charge is 2.46. The average molecular weight is 569 g/mol. The minimum Gasteiger partial charge on any atom is -0.489 e. The van der Waals surface area contributed by atoms with Gasteiger partial charge in [-0.1, -0.05) is 48.5 Å². The van der Waals surface area contributed by atoms with E-state index < -0.39 is 60.6 Å². The van der Waals surface area contributed by atoms with Gasteiger partial charge in [-0.05, 0) is 23.6 Å². The number of para-hydroxylation sites is 1. The Morgan fingerprint density at radius 1 is 0.925 bits per heavy atom. The van der Waals surface area contributed by atoms with Crippen molar-refractivity contribution < 1.29 is 52.9 Å². The van der Waals surface area contributed by atoms with Gasteiger partial charge >= 0.3 is 6.18 Å². The zero-order valence-electron chi connectivity index (χ0n) is 21.3. The van der Waals surface area contributed by atoms with E-state index in [1.54, 1.807) is 24.3 Å². The molecule has 5 atom stereocenters. The molecule has 5 N–H and O–H groups in total. The van der Waals surface area contributed by atoms with Crippen molar-refractivity contribution in [3.05, 3.63) is 77.0 Å². The summed E-state index contributed by atoms with van der Waals surface area (Å²) in [5.74, 6) is -0.200. The Bertz CT molecular complexity index is 1240. The van der Waals surface area contributed by atoms with Crippen molar-refractivity contribution in [3.8, 4) is 11.6 Å². The summed E-state index contributed by atoms with van der Waals surface area (Å²) in [7, 11) is 0. The van der Waals surface area contributed by atoms with Gasteiger partial charge in [0, 0.05) is 19.6 Å². The van der Waals surface area contributed by atoms with E-state index in [1.807, 2.05) is 30.3 Å². The predicted molar refractivity (Wildman–Crippen MR) is 133 cm³/mol. The molecule has 13 heteroatoms. The Kier molecular flexibility index (Phi) is 9.66. The third-order valence-corrected chi connectivity index (χ3v) is 6.46. The Morgan fingerprint density at radius 2 is 1.62 bits per heavy atom. The topological polar surface area (TPSA) is 147 Å². The van der Waals surface area contributed by atoms with Crippen LogP contribution in [0.5, 0.6) is 11.6 Å². The van der Waals surface area contributed by atoms with Crippen LogP contribution in [0.1, 0.15) is 28.8 Å². The molecule has 40 heavy (non-hydrogen) atoms. The van der Waals surface area contributed by atoms with Crippen LogP contribution >= 0.6 is 0 Å². The van der Waals surface area contributed by atoms with Crippen molar-refractivity contribution in [1.82, 2.24) is 9.78 Å². The van der Waals surface area contributed by atoms with Gasteiger partial charge in [0.1, 0.15) is 42.5 Å². The zero-order valence-corrected chi connectivity index (χ0v) is 21.3. The quantitative estimate of drug-likeness (QED) is 0.233. The molecule has 0 amide bonds. The first-order chi connectivity index (χ1) is 19.1. The number of halogens is 3. The van der Waals surface area contributed by atoms with E-state index in [2.05, 4.69) is 5.10 Å². The zero-order chi connectivity index (χ0) is 28.9. The van der Waals surface area contributed by atoms with Gasteiger partial charge in [0.05, 0.1) is 12.2 Å². The van der Waals surface area contributed by atoms with Crippen molar-refractivity contribution in [2.45, 2.75) is 62.9 Å². The van der Waals surface area contributed by atoms with Gasteiger partial charge in [0.25, 0.3) is 0 Å². The smallest absolute Gasteiger partial charge is 0.433 e. The summed E-state index contributed by atoms with van der Waals surface area (Å²) in [6, 6.07) is 15.8. The van der Waals surface area contributed by atoms with Gasteiger partial charge in [-0.15, -0.1) is 5.10 Å². The monoisotopic (exact) mass is 568 g/mol. The fourth-order valence-corrected chi connectivity index (χ4v) is 4.42. The maximum Gasteiger partial charge on any atom is 0.433 e. The maximum atomic E-state index is 14.4. The summed E-state index contributed by atoms with van der Waals surface area (Å²) in [6.07, 6.45) is -13.7. The van der Waals surface area contributed by atoms with Gasteiger partial charge in [-0.3, -0.25) is 4.68 Å². The van der Waals surface area contributed by atoms with Crippen LogP contribution < -0.4 is 9.47 Å². The summed E-state index contributed by atoms with van der Waals surface area (Å²) < 4.78 is 60.8. The number of aromatic nitrogens is 2. The van der Waals surface area contributed by atoms with E-state index in [0.29, 0.717) is 16.0 Å². The third-order valence-electron chi connectivity index (χ3n) is 6.46. The Morgan fingerprint density at radius 3 is 2.30 bits per heavy atom. The van der Waals surface area contributed by atoms with Gasteiger partial charge in [-0.25, -0.2) is 0 Å². The van der Waals surface area contributed by atoms with Crippen molar-refractivity contribution in [3.63, 3.8) is 0 Å². The van der Waals surface area contributed by atoms with Crippen LogP contribution in [-0.4, -0.2) is 79.2 Å². The highest BCUT2D eigenvalue weighted by molar-refractivity contribution is 5.43. The van der Waals surface area contributed by atoms with Crippen LogP contribution in [0.15, 0.2) is 54.6 Å². The maximum absolute atomic E-state index is 14.4. The molecule has 0 aliphatic carbocycles. The summed E-state index contributed by atoms with van der Waals surface area (Å²) >= 11 is 0. The van der Waals surface area contributed by atoms with Gasteiger partial charge in [0.15, 0.2) is 0 Å². The van der Waals surface area contributed by atoms with Crippen molar-refractivity contribution in [2.75, 3.05) is 13.2 Å². The van der Waals surface area contributed by atoms with E-state index in [9.17, 15) is 38.7 Å². The molecule has 1 fully saturated rings. The van der Waals surface area contributed by atoms with Gasteiger partial charge < -0.3 is 39.7 Å². The normalized spacial score (nSPS) is 23.2. The van der Waals surface area contributed by atoms with Crippen LogP contribution in [0.25, 0.3) is 0 Å². The molecule has 0 radical (unpaired) electrons. The fourth-order valence-electron chi connectivity index (χ4n) is 4.42. The van der Waals surface area contributed by atoms with Crippen molar-refractivity contribution >= 4 is 0 Å². The molecule has 2 aromatic carbocycles. The van der Waals surface area contributed by atoms with Crippen LogP contribution in [-0.2, 0) is 30.5 Å². The van der Waals surface area contributed by atoms with Crippen LogP contribution in [0.2, 0.25) is 0 Å². The number of aliphatic hydroxyl groups is 5. The molecule has 1 aliphatic heterocycles. The number of benzene rings is 2. The second-order valence-corrected chi connectivity index (χ2v) is 9.30. The molecule has 0 unspecified atom stereocenters. The molecule has 1 saturated heterocycles. The first-order valence-corrected chi connectivity index (χ1v) is 12.6. The number of alkyl halides is 3. The Hall–Kier alpha value is -3.20. The molecule has 1 aliphatic rings. The van der Waals surface area contributed by atoms with Crippen LogP contribution in [0, 0.1) is 0 Å². The van der Waals surface area contributed by atoms with E-state index >= 15 is 0 Å². The first kappa shape index (κ1) is 29.8. The van der Waals surface area contributed by atoms with E-state index in [1.165, 1.54) is 0 Å². The Labute approximate surface area is 227 Å². The molecular weight excluding hydrogens is 537 g/mol. The highest BCUT2D eigenvalue weighted by atomic mass is 19.4. The number of aliphatic hydroxyl groups excluding tert-OH is 5. The lowest BCUT2D eigenvalue weighted by atomic mass is 9.99. The van der Waals surface area contributed by atoms with Gasteiger partial charge in [0.2, 0.25) is 12.2 Å². The lowest BCUT2D eigenvalue weighted by Gasteiger charge is -2.39. The number of rotatable bonds is 11. The second-order valence-electron chi connectivity index (χ2n) is 9.30. The second kappa shape index (κ2) is 13.0. The molecule has 3 aromatic rings. The fraction of sp³-hybridized carbons (Fsp3) is 0.444. The predicted octanol–water partition coefficient (Wildman–Crippen LogP) is 1.63. The molecule has 0 saturated carbocycles. The third kappa shape index (κ3) is 6.74. The van der Waals surface area contributed by atoms with E-state index in [0.717, 1.165) is 5.56 Å². The van der Waals surface area contributed by atoms with Crippen molar-refractivity contribution in [1.29, 1.82) is 0 Å². The molecular formula is C27H31F3N2O8. The van der Waals surface area contributed by atoms with E-state index in [4.69, 9.17) is 14.2 Å². The summed E-state index contributed by atoms with van der Waals surface area (Å²) in [5, 5.41) is 53.3. The Balaban J connectivity index is 1.71. The van der Waals surface area contributed by atoms with E-state index in [-0.39, 0.29) is 32.6 Å². The molecule has 0 spiro atoms. The molecule has 10 nitrogen and oxygen atoms in total. The largest absolute Gasteiger partial charge is 0.489 e. The average Bonchev–Trinajstić information content (AvgIpc) is 3.29. The molecule has 4 rings (SSSR count). The molecule has 0 bridgehead atoms. The number of ether oxygens (including phenoxy) is 3. The number of hydrogen-bond donors (Lipinski definition) is 5. The molecule has 218 valence electrons. The lowest BCUT2D eigenvalue weighted by molar-refractivity contribution is -0.278. The lowest BCUT2D eigenvalue weighted by Crippen LogP contribution is -2.60. The van der Waals surface area contributed by atoms with Gasteiger partial charge in [-0.2, -0.15) is 13.2 Å². The standard InChI is InChI=1S/C27H31F3N2O8/c28-27(29,30)24-18(13-17-9-4-5-10-19(17)38-15-16-7-2-1-3-8-16)25(31-32(24)11-6-12-33)40-26-23(37)22(36)21(35)20(14-34)39-26/h1-5,7-10,20-23,26,33-37H,6,11-15H2/t20-,21-,22+,23-,26+/m1/s1. The highest BCUT2D eigenvalue weighted by Crippen LogP contribution is 2.39. The summed E-state index contributed by atoms with van der Waals surface area (Å²) in [6.45, 7) is -1.25.